The number of aromatic amines is 1. The summed E-state index contributed by atoms with van der Waals surface area (Å²) in [7, 11) is 2.46. The molecule has 0 saturated heterocycles. The lowest BCUT2D eigenvalue weighted by molar-refractivity contribution is -0.124. The first kappa shape index (κ1) is 27.0. The van der Waals surface area contributed by atoms with E-state index in [9.17, 15) is 13.2 Å². The fraction of sp³-hybridized carbons (Fsp3) is 0.320. The fourth-order valence-corrected chi connectivity index (χ4v) is 3.98. The van der Waals surface area contributed by atoms with Gasteiger partial charge in [0.05, 0.1) is 49.9 Å². The minimum atomic E-state index is -4.37. The van der Waals surface area contributed by atoms with Crippen molar-refractivity contribution < 1.29 is 31.4 Å². The van der Waals surface area contributed by atoms with Crippen molar-refractivity contribution in [2.45, 2.75) is 19.5 Å². The second kappa shape index (κ2) is 11.2. The smallest absolute Gasteiger partial charge is 0.401 e. The molecule has 2 heterocycles. The average molecular weight is 537 g/mol. The van der Waals surface area contributed by atoms with Crippen LogP contribution in [-0.4, -0.2) is 60.2 Å². The van der Waals surface area contributed by atoms with Gasteiger partial charge in [0.15, 0.2) is 23.1 Å². The maximum atomic E-state index is 15.5. The first-order valence-electron chi connectivity index (χ1n) is 11.5. The van der Waals surface area contributed by atoms with Crippen molar-refractivity contribution in [2.24, 2.45) is 0 Å². The van der Waals surface area contributed by atoms with Crippen LogP contribution in [0.4, 0.5) is 33.3 Å². The number of aryl methyl sites for hydroxylation is 1. The van der Waals surface area contributed by atoms with Crippen molar-refractivity contribution >= 4 is 22.4 Å². The van der Waals surface area contributed by atoms with Crippen LogP contribution >= 0.6 is 0 Å². The molecule has 0 radical (unpaired) electrons. The predicted molar refractivity (Wildman–Crippen MR) is 132 cm³/mol. The largest absolute Gasteiger partial charge is 0.493 e. The SMILES string of the molecule is COc1cc(OC)c(F)c(N(CCCNCC(F)(F)F)c2ccc3ncc(-c4cn[nH]c4C)nc3c2)c1F. The zero-order chi connectivity index (χ0) is 27.4. The third-order valence-corrected chi connectivity index (χ3v) is 5.82. The van der Waals surface area contributed by atoms with E-state index < -0.39 is 30.0 Å². The lowest BCUT2D eigenvalue weighted by atomic mass is 10.1. The normalized spacial score (nSPS) is 11.7. The molecule has 0 atom stereocenters. The van der Waals surface area contributed by atoms with Gasteiger partial charge in [-0.3, -0.25) is 10.1 Å². The number of nitrogens with one attached hydrogen (secondary N) is 2. The summed E-state index contributed by atoms with van der Waals surface area (Å²) in [6, 6.07) is 5.94. The topological polar surface area (TPSA) is 88.2 Å². The number of hydrogen-bond donors (Lipinski definition) is 2. The third kappa shape index (κ3) is 5.77. The lowest BCUT2D eigenvalue weighted by Crippen LogP contribution is -2.31. The maximum Gasteiger partial charge on any atom is 0.401 e. The molecule has 2 aromatic heterocycles. The number of ether oxygens (including phenoxy) is 2. The van der Waals surface area contributed by atoms with Gasteiger partial charge in [0.1, 0.15) is 5.69 Å². The summed E-state index contributed by atoms with van der Waals surface area (Å²) in [6.45, 7) is 0.581. The Labute approximate surface area is 214 Å². The van der Waals surface area contributed by atoms with E-state index in [1.165, 1.54) is 19.1 Å². The Balaban J connectivity index is 1.77. The number of nitrogens with zero attached hydrogens (tertiary/aromatic N) is 4. The second-order valence-electron chi connectivity index (χ2n) is 8.39. The van der Waals surface area contributed by atoms with Crippen LogP contribution < -0.4 is 19.7 Å². The van der Waals surface area contributed by atoms with E-state index in [-0.39, 0.29) is 31.0 Å². The first-order valence-corrected chi connectivity index (χ1v) is 11.5. The van der Waals surface area contributed by atoms with E-state index in [4.69, 9.17) is 9.47 Å². The van der Waals surface area contributed by atoms with Gasteiger partial charge in [0.25, 0.3) is 0 Å². The summed E-state index contributed by atoms with van der Waals surface area (Å²) in [5, 5.41) is 9.13. The molecule has 4 rings (SSSR count). The molecule has 0 aliphatic rings. The zero-order valence-corrected chi connectivity index (χ0v) is 20.8. The highest BCUT2D eigenvalue weighted by Gasteiger charge is 2.28. The number of aromatic nitrogens is 4. The summed E-state index contributed by atoms with van der Waals surface area (Å²) in [6.07, 6.45) is -1.04. The van der Waals surface area contributed by atoms with Crippen molar-refractivity contribution in [3.63, 3.8) is 0 Å². The van der Waals surface area contributed by atoms with Gasteiger partial charge < -0.3 is 19.7 Å². The highest BCUT2D eigenvalue weighted by atomic mass is 19.4. The number of halogens is 5. The van der Waals surface area contributed by atoms with Crippen LogP contribution in [-0.2, 0) is 0 Å². The Kier molecular flexibility index (Phi) is 7.95. The summed E-state index contributed by atoms with van der Waals surface area (Å²) >= 11 is 0. The molecule has 0 spiro atoms. The molecular weight excluding hydrogens is 511 g/mol. The number of benzene rings is 2. The highest BCUT2D eigenvalue weighted by molar-refractivity contribution is 5.83. The van der Waals surface area contributed by atoms with Crippen molar-refractivity contribution in [3.8, 4) is 22.8 Å². The molecule has 2 aromatic carbocycles. The molecule has 4 aromatic rings. The van der Waals surface area contributed by atoms with Gasteiger partial charge in [0, 0.05) is 29.6 Å². The molecule has 202 valence electrons. The van der Waals surface area contributed by atoms with Crippen LogP contribution in [0.2, 0.25) is 0 Å². The van der Waals surface area contributed by atoms with Crippen molar-refractivity contribution in [2.75, 3.05) is 38.8 Å². The van der Waals surface area contributed by atoms with Gasteiger partial charge in [-0.05, 0) is 38.1 Å². The summed E-state index contributed by atoms with van der Waals surface area (Å²) in [5.41, 5.74) is 2.93. The fourth-order valence-electron chi connectivity index (χ4n) is 3.98. The van der Waals surface area contributed by atoms with E-state index in [0.29, 0.717) is 22.4 Å². The molecule has 0 unspecified atom stereocenters. The van der Waals surface area contributed by atoms with Gasteiger partial charge in [-0.2, -0.15) is 18.3 Å². The van der Waals surface area contributed by atoms with Crippen molar-refractivity contribution in [1.82, 2.24) is 25.5 Å². The number of fused-ring (bicyclic) bond motifs is 1. The van der Waals surface area contributed by atoms with Crippen molar-refractivity contribution in [3.05, 3.63) is 54.0 Å². The van der Waals surface area contributed by atoms with E-state index in [2.05, 4.69) is 25.5 Å². The van der Waals surface area contributed by atoms with Gasteiger partial charge >= 0.3 is 6.18 Å². The van der Waals surface area contributed by atoms with Gasteiger partial charge in [-0.1, -0.05) is 0 Å². The van der Waals surface area contributed by atoms with Gasteiger partial charge in [0.2, 0.25) is 0 Å². The quantitative estimate of drug-likeness (QED) is 0.210. The van der Waals surface area contributed by atoms with E-state index in [1.54, 1.807) is 30.6 Å². The molecule has 0 saturated carbocycles. The van der Waals surface area contributed by atoms with Crippen LogP contribution in [0.1, 0.15) is 12.1 Å². The Morgan fingerprint density at radius 2 is 1.71 bits per heavy atom. The van der Waals surface area contributed by atoms with Gasteiger partial charge in [-0.25, -0.2) is 13.8 Å². The first-order chi connectivity index (χ1) is 18.1. The summed E-state index contributed by atoms with van der Waals surface area (Å²) in [5.74, 6) is -2.47. The highest BCUT2D eigenvalue weighted by Crippen LogP contribution is 2.40. The predicted octanol–water partition coefficient (Wildman–Crippen LogP) is 5.30. The number of anilines is 2. The lowest BCUT2D eigenvalue weighted by Gasteiger charge is -2.27. The molecule has 0 aliphatic carbocycles. The number of rotatable bonds is 10. The Bertz CT molecular complexity index is 1400. The molecule has 0 fully saturated rings. The van der Waals surface area contributed by atoms with E-state index in [1.807, 2.05) is 6.92 Å². The van der Waals surface area contributed by atoms with Crippen LogP contribution in [0.5, 0.6) is 11.5 Å². The maximum absolute atomic E-state index is 15.5. The number of H-pyrrole nitrogens is 1. The number of hydrogen-bond acceptors (Lipinski definition) is 7. The number of methoxy groups -OCH3 is 2. The molecule has 13 heteroatoms. The Morgan fingerprint density at radius 3 is 2.32 bits per heavy atom. The monoisotopic (exact) mass is 536 g/mol. The van der Waals surface area contributed by atoms with Crippen LogP contribution in [0.15, 0.2) is 36.7 Å². The third-order valence-electron chi connectivity index (χ3n) is 5.82. The van der Waals surface area contributed by atoms with Crippen molar-refractivity contribution in [1.29, 1.82) is 0 Å². The van der Waals surface area contributed by atoms with Crippen LogP contribution in [0.3, 0.4) is 0 Å². The Morgan fingerprint density at radius 1 is 1.00 bits per heavy atom. The van der Waals surface area contributed by atoms with E-state index in [0.717, 1.165) is 17.3 Å². The van der Waals surface area contributed by atoms with Gasteiger partial charge in [-0.15, -0.1) is 0 Å². The molecule has 38 heavy (non-hydrogen) atoms. The average Bonchev–Trinajstić information content (AvgIpc) is 3.32. The molecule has 2 N–H and O–H groups in total. The Hall–Kier alpha value is -4.00. The zero-order valence-electron chi connectivity index (χ0n) is 20.8. The molecule has 0 amide bonds. The standard InChI is InChI=1S/C25H25F5N6O2/c1-14-16(11-33-35-14)19-12-32-17-6-5-15(9-18(17)34-19)36(8-4-7-31-13-25(28,29)30)24-22(26)20(37-2)10-21(38-3)23(24)27/h5-6,9-12,31H,4,7-8,13H2,1-3H3,(H,33,35). The minimum absolute atomic E-state index is 0.0333. The summed E-state index contributed by atoms with van der Waals surface area (Å²) in [4.78, 5) is 10.4. The second-order valence-corrected chi connectivity index (χ2v) is 8.39. The van der Waals surface area contributed by atoms with Crippen LogP contribution in [0.25, 0.3) is 22.3 Å². The number of alkyl halides is 3. The van der Waals surface area contributed by atoms with E-state index >= 15 is 8.78 Å². The molecule has 8 nitrogen and oxygen atoms in total. The minimum Gasteiger partial charge on any atom is -0.493 e. The molecular formula is C25H25F5N6O2. The molecule has 0 aliphatic heterocycles. The molecule has 0 bridgehead atoms. The summed E-state index contributed by atoms with van der Waals surface area (Å²) < 4.78 is 78.7. The van der Waals surface area contributed by atoms with Crippen LogP contribution in [0, 0.1) is 18.6 Å².